The van der Waals surface area contributed by atoms with E-state index in [1.807, 2.05) is 0 Å². The van der Waals surface area contributed by atoms with Gasteiger partial charge in [-0.15, -0.1) is 0 Å². The summed E-state index contributed by atoms with van der Waals surface area (Å²) in [5.74, 6) is 2.37. The topological polar surface area (TPSA) is 34.1 Å². The van der Waals surface area contributed by atoms with Crippen molar-refractivity contribution in [3.8, 4) is 0 Å². The first kappa shape index (κ1) is 46.4. The average Bonchev–Trinajstić information content (AvgIpc) is 3.00. The lowest BCUT2D eigenvalue weighted by Gasteiger charge is -2.03. The third kappa shape index (κ3) is 49.2. The first-order chi connectivity index (χ1) is 22.3. The number of carbonyl (C=O) groups is 2. The summed E-state index contributed by atoms with van der Waals surface area (Å²) >= 11 is 0. The van der Waals surface area contributed by atoms with Crippen molar-refractivity contribution in [1.82, 2.24) is 0 Å². The minimum Gasteiger partial charge on any atom is -0.300 e. The molecule has 0 saturated carbocycles. The SMILES string of the molecule is CC(=O)CCCC/C=C\C/C=C\CCCCCCCCC(C)C.CC(=O)CCCC/C=C\C/C=C\CCCCCCCCC(C)C. The average molecular weight is 641 g/mol. The lowest BCUT2D eigenvalue weighted by Crippen LogP contribution is -1.88. The minimum absolute atomic E-state index is 0.312. The van der Waals surface area contributed by atoms with Crippen LogP contribution in [0.1, 0.15) is 208 Å². The second-order valence-corrected chi connectivity index (χ2v) is 14.4. The van der Waals surface area contributed by atoms with Crippen LogP contribution in [0.5, 0.6) is 0 Å². The third-order valence-corrected chi connectivity index (χ3v) is 8.31. The van der Waals surface area contributed by atoms with E-state index >= 15 is 0 Å². The number of allylic oxidation sites excluding steroid dienone is 8. The molecule has 46 heavy (non-hydrogen) atoms. The van der Waals surface area contributed by atoms with Gasteiger partial charge in [-0.2, -0.15) is 0 Å². The summed E-state index contributed by atoms with van der Waals surface area (Å²) in [5.41, 5.74) is 0. The number of ketones is 2. The van der Waals surface area contributed by atoms with Gasteiger partial charge in [0, 0.05) is 12.8 Å². The molecule has 0 aliphatic heterocycles. The molecule has 0 fully saturated rings. The molecule has 0 N–H and O–H groups in total. The van der Waals surface area contributed by atoms with Gasteiger partial charge in [-0.25, -0.2) is 0 Å². The molecule has 0 rings (SSSR count). The second kappa shape index (κ2) is 39.5. The Bertz CT molecular complexity index is 688. The number of hydrogen-bond acceptors (Lipinski definition) is 2. The van der Waals surface area contributed by atoms with E-state index in [0.29, 0.717) is 11.6 Å². The highest BCUT2D eigenvalue weighted by Crippen LogP contribution is 2.13. The molecule has 0 aliphatic rings. The zero-order valence-corrected chi connectivity index (χ0v) is 32.0. The van der Waals surface area contributed by atoms with Crippen LogP contribution in [-0.4, -0.2) is 11.6 Å². The van der Waals surface area contributed by atoms with E-state index in [1.54, 1.807) is 13.8 Å². The van der Waals surface area contributed by atoms with Gasteiger partial charge >= 0.3 is 0 Å². The predicted octanol–water partition coefficient (Wildman–Crippen LogP) is 14.8. The molecule has 268 valence electrons. The molecule has 0 aromatic heterocycles. The molecular formula is C44H80O2. The molecular weight excluding hydrogens is 560 g/mol. The minimum atomic E-state index is 0.312. The van der Waals surface area contributed by atoms with E-state index in [1.165, 1.54) is 103 Å². The molecule has 0 saturated heterocycles. The maximum atomic E-state index is 10.8. The summed E-state index contributed by atoms with van der Waals surface area (Å²) in [6.07, 6.45) is 50.4. The number of unbranched alkanes of at least 4 members (excludes halogenated alkanes) is 16. The number of rotatable bonds is 32. The summed E-state index contributed by atoms with van der Waals surface area (Å²) in [6, 6.07) is 0. The third-order valence-electron chi connectivity index (χ3n) is 8.31. The Morgan fingerprint density at radius 2 is 0.630 bits per heavy atom. The number of Topliss-reactive ketones (excluding diaryl/α,β-unsaturated/α-hetero) is 2. The predicted molar refractivity (Wildman–Crippen MR) is 208 cm³/mol. The second-order valence-electron chi connectivity index (χ2n) is 14.4. The van der Waals surface area contributed by atoms with E-state index < -0.39 is 0 Å². The summed E-state index contributed by atoms with van der Waals surface area (Å²) in [5, 5.41) is 0. The van der Waals surface area contributed by atoms with Crippen molar-refractivity contribution >= 4 is 11.6 Å². The van der Waals surface area contributed by atoms with Crippen LogP contribution < -0.4 is 0 Å². The van der Waals surface area contributed by atoms with Gasteiger partial charge in [0.1, 0.15) is 11.6 Å². The Kier molecular flexibility index (Phi) is 39.8. The van der Waals surface area contributed by atoms with Crippen molar-refractivity contribution in [2.75, 3.05) is 0 Å². The van der Waals surface area contributed by atoms with Crippen molar-refractivity contribution in [3.05, 3.63) is 48.6 Å². The van der Waals surface area contributed by atoms with Crippen molar-refractivity contribution in [2.45, 2.75) is 208 Å². The molecule has 0 spiro atoms. The summed E-state index contributed by atoms with van der Waals surface area (Å²) in [4.78, 5) is 21.6. The standard InChI is InChI=1S/2C22H40O/c2*1-21(2)19-17-15-13-11-9-7-5-4-6-8-10-12-14-16-18-20-22(3)23/h2*4,6,10,12,21H,5,7-9,11,13-20H2,1-3H3/b2*6-4-,12-10-. The highest BCUT2D eigenvalue weighted by molar-refractivity contribution is 5.75. The molecule has 0 bridgehead atoms. The van der Waals surface area contributed by atoms with E-state index in [2.05, 4.69) is 76.3 Å². The highest BCUT2D eigenvalue weighted by Gasteiger charge is 1.96. The molecule has 0 amide bonds. The normalized spacial score (nSPS) is 12.0. The Morgan fingerprint density at radius 3 is 0.913 bits per heavy atom. The lowest BCUT2D eigenvalue weighted by molar-refractivity contribution is -0.117. The lowest BCUT2D eigenvalue weighted by atomic mass is 10.0. The van der Waals surface area contributed by atoms with E-state index in [9.17, 15) is 9.59 Å². The van der Waals surface area contributed by atoms with Gasteiger partial charge in [-0.1, -0.05) is 153 Å². The summed E-state index contributed by atoms with van der Waals surface area (Å²) in [6.45, 7) is 12.6. The van der Waals surface area contributed by atoms with Gasteiger partial charge in [0.05, 0.1) is 0 Å². The number of hydrogen-bond donors (Lipinski definition) is 0. The quantitative estimate of drug-likeness (QED) is 0.0541. The largest absolute Gasteiger partial charge is 0.300 e. The van der Waals surface area contributed by atoms with Crippen LogP contribution in [0.4, 0.5) is 0 Å². The molecule has 0 heterocycles. The highest BCUT2D eigenvalue weighted by atomic mass is 16.1. The first-order valence-corrected chi connectivity index (χ1v) is 19.8. The van der Waals surface area contributed by atoms with Crippen LogP contribution in [0.15, 0.2) is 48.6 Å². The zero-order valence-electron chi connectivity index (χ0n) is 32.0. The molecule has 0 aromatic carbocycles. The van der Waals surface area contributed by atoms with Crippen molar-refractivity contribution in [2.24, 2.45) is 11.8 Å². The molecule has 2 heteroatoms. The van der Waals surface area contributed by atoms with Gasteiger partial charge in [-0.05, 0) is 103 Å². The summed E-state index contributed by atoms with van der Waals surface area (Å²) in [7, 11) is 0. The smallest absolute Gasteiger partial charge is 0.129 e. The van der Waals surface area contributed by atoms with Gasteiger partial charge in [0.15, 0.2) is 0 Å². The fourth-order valence-corrected chi connectivity index (χ4v) is 5.33. The van der Waals surface area contributed by atoms with Crippen LogP contribution in [-0.2, 0) is 9.59 Å². The van der Waals surface area contributed by atoms with E-state index in [0.717, 1.165) is 76.0 Å². The molecule has 0 atom stereocenters. The van der Waals surface area contributed by atoms with Crippen LogP contribution in [0.25, 0.3) is 0 Å². The van der Waals surface area contributed by atoms with E-state index in [-0.39, 0.29) is 0 Å². The van der Waals surface area contributed by atoms with Crippen LogP contribution >= 0.6 is 0 Å². The Labute approximate surface area is 289 Å². The Morgan fingerprint density at radius 1 is 0.370 bits per heavy atom. The maximum absolute atomic E-state index is 10.8. The van der Waals surface area contributed by atoms with Gasteiger partial charge in [-0.3, -0.25) is 0 Å². The first-order valence-electron chi connectivity index (χ1n) is 19.8. The van der Waals surface area contributed by atoms with Crippen LogP contribution in [0.3, 0.4) is 0 Å². The zero-order chi connectivity index (χ0) is 34.4. The van der Waals surface area contributed by atoms with Crippen LogP contribution in [0, 0.1) is 11.8 Å². The van der Waals surface area contributed by atoms with Gasteiger partial charge in [0.2, 0.25) is 0 Å². The monoisotopic (exact) mass is 641 g/mol. The van der Waals surface area contributed by atoms with Gasteiger partial charge < -0.3 is 9.59 Å². The molecule has 0 aliphatic carbocycles. The fourth-order valence-electron chi connectivity index (χ4n) is 5.33. The molecule has 0 aromatic rings. The van der Waals surface area contributed by atoms with Crippen molar-refractivity contribution < 1.29 is 9.59 Å². The Hall–Kier alpha value is -1.70. The molecule has 0 unspecified atom stereocenters. The van der Waals surface area contributed by atoms with Gasteiger partial charge in [0.25, 0.3) is 0 Å². The maximum Gasteiger partial charge on any atom is 0.129 e. The van der Waals surface area contributed by atoms with Crippen molar-refractivity contribution in [1.29, 1.82) is 0 Å². The molecule has 2 nitrogen and oxygen atoms in total. The molecule has 0 radical (unpaired) electrons. The van der Waals surface area contributed by atoms with Crippen LogP contribution in [0.2, 0.25) is 0 Å². The number of carbonyl (C=O) groups excluding carboxylic acids is 2. The fraction of sp³-hybridized carbons (Fsp3) is 0.773. The summed E-state index contributed by atoms with van der Waals surface area (Å²) < 4.78 is 0. The van der Waals surface area contributed by atoms with E-state index in [4.69, 9.17) is 0 Å². The Balaban J connectivity index is 0. The van der Waals surface area contributed by atoms with Crippen molar-refractivity contribution in [3.63, 3.8) is 0 Å².